The van der Waals surface area contributed by atoms with Crippen LogP contribution in [0.25, 0.3) is 0 Å². The van der Waals surface area contributed by atoms with E-state index >= 15 is 0 Å². The Morgan fingerprint density at radius 2 is 2.25 bits per heavy atom. The Labute approximate surface area is 127 Å². The minimum absolute atomic E-state index is 0.272. The molecule has 7 heteroatoms. The van der Waals surface area contributed by atoms with Gasteiger partial charge in [-0.25, -0.2) is 4.79 Å². The molecule has 1 atom stereocenters. The Bertz CT molecular complexity index is 474. The van der Waals surface area contributed by atoms with Gasteiger partial charge < -0.3 is 15.8 Å². The Balaban J connectivity index is 2.76. The van der Waals surface area contributed by atoms with E-state index in [9.17, 15) is 9.59 Å². The van der Waals surface area contributed by atoms with Crippen molar-refractivity contribution >= 4 is 40.0 Å². The van der Waals surface area contributed by atoms with Gasteiger partial charge in [0, 0.05) is 4.88 Å². The summed E-state index contributed by atoms with van der Waals surface area (Å²) in [6, 6.07) is 1.14. The van der Waals surface area contributed by atoms with Crippen molar-refractivity contribution in [3.8, 4) is 0 Å². The number of rotatable bonds is 7. The SMILES string of the molecule is CCOC(=O)c1cc(C)sc1NC(=O)[C@@H](N)CCSC. The number of nitrogens with two attached hydrogens (primary N) is 1. The second kappa shape index (κ2) is 8.28. The number of thiophene rings is 1. The molecule has 5 nitrogen and oxygen atoms in total. The summed E-state index contributed by atoms with van der Waals surface area (Å²) < 4.78 is 4.97. The fraction of sp³-hybridized carbons (Fsp3) is 0.538. The Morgan fingerprint density at radius 3 is 2.85 bits per heavy atom. The molecule has 0 aliphatic heterocycles. The molecular formula is C13H20N2O3S2. The number of aryl methyl sites for hydroxylation is 1. The fourth-order valence-electron chi connectivity index (χ4n) is 1.55. The number of hydrogen-bond donors (Lipinski definition) is 2. The van der Waals surface area contributed by atoms with E-state index in [1.54, 1.807) is 24.8 Å². The van der Waals surface area contributed by atoms with Gasteiger partial charge in [0.15, 0.2) is 0 Å². The largest absolute Gasteiger partial charge is 0.462 e. The van der Waals surface area contributed by atoms with E-state index in [1.807, 2.05) is 13.2 Å². The van der Waals surface area contributed by atoms with E-state index in [4.69, 9.17) is 10.5 Å². The summed E-state index contributed by atoms with van der Waals surface area (Å²) in [5.74, 6) is 0.124. The van der Waals surface area contributed by atoms with Crippen molar-refractivity contribution in [3.63, 3.8) is 0 Å². The first-order chi connectivity index (χ1) is 9.49. The van der Waals surface area contributed by atoms with Crippen molar-refractivity contribution < 1.29 is 14.3 Å². The number of carbonyl (C=O) groups is 2. The summed E-state index contributed by atoms with van der Waals surface area (Å²) in [5.41, 5.74) is 6.19. The molecule has 1 rings (SSSR count). The van der Waals surface area contributed by atoms with Crippen molar-refractivity contribution in [2.45, 2.75) is 26.3 Å². The number of nitrogens with one attached hydrogen (secondary N) is 1. The number of thioether (sulfide) groups is 1. The highest BCUT2D eigenvalue weighted by molar-refractivity contribution is 7.98. The standard InChI is InChI=1S/C13H20N2O3S2/c1-4-18-13(17)9-7-8(2)20-12(9)15-11(16)10(14)5-6-19-3/h7,10H,4-6,14H2,1-3H3,(H,15,16)/t10-/m0/s1. The third-order valence-electron chi connectivity index (χ3n) is 2.56. The van der Waals surface area contributed by atoms with Crippen LogP contribution in [0.4, 0.5) is 5.00 Å². The summed E-state index contributed by atoms with van der Waals surface area (Å²) in [6.45, 7) is 3.92. The highest BCUT2D eigenvalue weighted by Gasteiger charge is 2.20. The van der Waals surface area contributed by atoms with Crippen LogP contribution in [0.1, 0.15) is 28.6 Å². The minimum atomic E-state index is -0.570. The van der Waals surface area contributed by atoms with E-state index in [-0.39, 0.29) is 5.91 Å². The molecule has 1 aromatic rings. The average molecular weight is 316 g/mol. The number of ether oxygens (including phenoxy) is 1. The predicted octanol–water partition coefficient (Wildman–Crippen LogP) is 2.25. The van der Waals surface area contributed by atoms with E-state index in [1.165, 1.54) is 11.3 Å². The van der Waals surface area contributed by atoms with Crippen molar-refractivity contribution in [2.24, 2.45) is 5.73 Å². The molecule has 0 unspecified atom stereocenters. The van der Waals surface area contributed by atoms with Crippen LogP contribution in [0.3, 0.4) is 0 Å². The van der Waals surface area contributed by atoms with Gasteiger partial charge >= 0.3 is 5.97 Å². The third kappa shape index (κ3) is 4.81. The summed E-state index contributed by atoms with van der Waals surface area (Å²) in [7, 11) is 0. The highest BCUT2D eigenvalue weighted by Crippen LogP contribution is 2.28. The predicted molar refractivity (Wildman–Crippen MR) is 84.6 cm³/mol. The van der Waals surface area contributed by atoms with Gasteiger partial charge in [0.2, 0.25) is 5.91 Å². The molecule has 0 fully saturated rings. The zero-order chi connectivity index (χ0) is 15.1. The number of carbonyl (C=O) groups excluding carboxylic acids is 2. The molecule has 0 saturated heterocycles. The van der Waals surface area contributed by atoms with Crippen LogP contribution in [0.2, 0.25) is 0 Å². The monoisotopic (exact) mass is 316 g/mol. The molecule has 0 saturated carbocycles. The molecule has 1 aromatic heterocycles. The lowest BCUT2D eigenvalue weighted by molar-refractivity contribution is -0.117. The zero-order valence-electron chi connectivity index (χ0n) is 11.9. The molecule has 0 bridgehead atoms. The molecule has 20 heavy (non-hydrogen) atoms. The molecule has 0 aliphatic carbocycles. The molecule has 0 radical (unpaired) electrons. The molecular weight excluding hydrogens is 296 g/mol. The van der Waals surface area contributed by atoms with Crippen molar-refractivity contribution in [2.75, 3.05) is 23.9 Å². The Morgan fingerprint density at radius 1 is 1.55 bits per heavy atom. The minimum Gasteiger partial charge on any atom is -0.462 e. The van der Waals surface area contributed by atoms with Crippen LogP contribution in [-0.4, -0.2) is 36.5 Å². The van der Waals surface area contributed by atoms with Gasteiger partial charge in [-0.1, -0.05) is 0 Å². The van der Waals surface area contributed by atoms with Crippen LogP contribution in [0.5, 0.6) is 0 Å². The first-order valence-corrected chi connectivity index (χ1v) is 8.53. The van der Waals surface area contributed by atoms with Crippen LogP contribution in [0, 0.1) is 6.92 Å². The second-order valence-corrected chi connectivity index (χ2v) is 6.44. The molecule has 1 amide bonds. The number of anilines is 1. The lowest BCUT2D eigenvalue weighted by Crippen LogP contribution is -2.36. The van der Waals surface area contributed by atoms with Crippen LogP contribution < -0.4 is 11.1 Å². The maximum Gasteiger partial charge on any atom is 0.341 e. The quantitative estimate of drug-likeness (QED) is 0.754. The van der Waals surface area contributed by atoms with E-state index < -0.39 is 12.0 Å². The number of hydrogen-bond acceptors (Lipinski definition) is 6. The van der Waals surface area contributed by atoms with E-state index in [0.717, 1.165) is 10.6 Å². The molecule has 3 N–H and O–H groups in total. The highest BCUT2D eigenvalue weighted by atomic mass is 32.2. The number of esters is 1. The lowest BCUT2D eigenvalue weighted by Gasteiger charge is -2.11. The Kier molecular flexibility index (Phi) is 7.04. The first-order valence-electron chi connectivity index (χ1n) is 6.32. The summed E-state index contributed by atoms with van der Waals surface area (Å²) in [4.78, 5) is 24.7. The van der Waals surface area contributed by atoms with Crippen LogP contribution in [-0.2, 0) is 9.53 Å². The molecule has 1 heterocycles. The Hall–Kier alpha value is -1.05. The van der Waals surface area contributed by atoms with Crippen LogP contribution >= 0.6 is 23.1 Å². The average Bonchev–Trinajstić information content (AvgIpc) is 2.77. The first kappa shape index (κ1) is 17.0. The van der Waals surface area contributed by atoms with Gasteiger partial charge in [-0.2, -0.15) is 11.8 Å². The van der Waals surface area contributed by atoms with Crippen molar-refractivity contribution in [1.82, 2.24) is 0 Å². The smallest absolute Gasteiger partial charge is 0.341 e. The van der Waals surface area contributed by atoms with Gasteiger partial charge in [-0.3, -0.25) is 4.79 Å². The van der Waals surface area contributed by atoms with Gasteiger partial charge in [0.1, 0.15) is 5.00 Å². The molecule has 0 spiro atoms. The van der Waals surface area contributed by atoms with Crippen LogP contribution in [0.15, 0.2) is 6.07 Å². The van der Waals surface area contributed by atoms with E-state index in [2.05, 4.69) is 5.32 Å². The zero-order valence-corrected chi connectivity index (χ0v) is 13.5. The topological polar surface area (TPSA) is 81.4 Å². The maximum absolute atomic E-state index is 12.0. The van der Waals surface area contributed by atoms with Gasteiger partial charge in [-0.05, 0) is 38.3 Å². The summed E-state index contributed by atoms with van der Waals surface area (Å²) in [5, 5.41) is 3.23. The second-order valence-electron chi connectivity index (χ2n) is 4.20. The van der Waals surface area contributed by atoms with Gasteiger partial charge in [0.25, 0.3) is 0 Å². The lowest BCUT2D eigenvalue weighted by atomic mass is 10.2. The van der Waals surface area contributed by atoms with Gasteiger partial charge in [-0.15, -0.1) is 11.3 Å². The van der Waals surface area contributed by atoms with Crippen molar-refractivity contribution in [3.05, 3.63) is 16.5 Å². The molecule has 112 valence electrons. The van der Waals surface area contributed by atoms with E-state index in [0.29, 0.717) is 23.6 Å². The third-order valence-corrected chi connectivity index (χ3v) is 4.17. The molecule has 0 aromatic carbocycles. The van der Waals surface area contributed by atoms with Gasteiger partial charge in [0.05, 0.1) is 18.2 Å². The maximum atomic E-state index is 12.0. The normalized spacial score (nSPS) is 12.0. The summed E-state index contributed by atoms with van der Waals surface area (Å²) in [6.07, 6.45) is 2.57. The number of amides is 1. The van der Waals surface area contributed by atoms with Crippen molar-refractivity contribution in [1.29, 1.82) is 0 Å². The summed E-state index contributed by atoms with van der Waals surface area (Å²) >= 11 is 2.99. The fourth-order valence-corrected chi connectivity index (χ4v) is 2.94. The molecule has 0 aliphatic rings.